The molecule has 0 saturated carbocycles. The van der Waals surface area contributed by atoms with Gasteiger partial charge in [0.05, 0.1) is 17.4 Å². The van der Waals surface area contributed by atoms with Gasteiger partial charge >= 0.3 is 5.97 Å². The van der Waals surface area contributed by atoms with E-state index in [9.17, 15) is 17.6 Å². The molecule has 2 rings (SSSR count). The molecule has 2 aromatic rings. The van der Waals surface area contributed by atoms with Gasteiger partial charge in [0.1, 0.15) is 5.82 Å². The van der Waals surface area contributed by atoms with Crippen LogP contribution in [0.4, 0.5) is 10.1 Å². The lowest BCUT2D eigenvalue weighted by Crippen LogP contribution is -2.18. The van der Waals surface area contributed by atoms with E-state index in [1.54, 1.807) is 6.92 Å². The largest absolute Gasteiger partial charge is 0.478 e. The molecule has 0 atom stereocenters. The molecule has 0 aliphatic heterocycles. The van der Waals surface area contributed by atoms with Crippen LogP contribution in [0.5, 0.6) is 0 Å². The summed E-state index contributed by atoms with van der Waals surface area (Å²) in [4.78, 5) is 10.9. The number of hydrogen-bond acceptors (Lipinski definition) is 4. The summed E-state index contributed by atoms with van der Waals surface area (Å²) < 4.78 is 41.3. The summed E-state index contributed by atoms with van der Waals surface area (Å²) in [5.74, 6) is -2.16. The first-order valence-electron chi connectivity index (χ1n) is 5.76. The molecule has 0 aliphatic rings. The average Bonchev–Trinajstić information content (AvgIpc) is 2.71. The number of nitrogens with zero attached hydrogens (tertiary/aromatic N) is 2. The number of aromatic carboxylic acids is 1. The maximum absolute atomic E-state index is 13.7. The summed E-state index contributed by atoms with van der Waals surface area (Å²) in [6.45, 7) is 1.55. The van der Waals surface area contributed by atoms with Gasteiger partial charge in [-0.1, -0.05) is 0 Å². The summed E-state index contributed by atoms with van der Waals surface area (Å²) in [6, 6.07) is 2.85. The minimum Gasteiger partial charge on any atom is -0.478 e. The minimum absolute atomic E-state index is 0.123. The van der Waals surface area contributed by atoms with Crippen molar-refractivity contribution in [3.05, 3.63) is 41.3 Å². The van der Waals surface area contributed by atoms with Gasteiger partial charge in [0.2, 0.25) is 0 Å². The molecule has 2 N–H and O–H groups in total. The Morgan fingerprint density at radius 3 is 2.62 bits per heavy atom. The zero-order chi connectivity index (χ0) is 15.8. The van der Waals surface area contributed by atoms with Crippen molar-refractivity contribution in [2.75, 3.05) is 4.72 Å². The smallest absolute Gasteiger partial charge is 0.335 e. The van der Waals surface area contributed by atoms with Crippen LogP contribution in [0.2, 0.25) is 0 Å². The van der Waals surface area contributed by atoms with Crippen molar-refractivity contribution < 1.29 is 22.7 Å². The van der Waals surface area contributed by atoms with Crippen molar-refractivity contribution in [1.29, 1.82) is 0 Å². The second kappa shape index (κ2) is 5.17. The lowest BCUT2D eigenvalue weighted by molar-refractivity contribution is 0.0697. The topological polar surface area (TPSA) is 101 Å². The molecular formula is C12H12FN3O4S. The summed E-state index contributed by atoms with van der Waals surface area (Å²) >= 11 is 0. The molecule has 1 heterocycles. The van der Waals surface area contributed by atoms with E-state index >= 15 is 0 Å². The van der Waals surface area contributed by atoms with E-state index in [1.165, 1.54) is 13.2 Å². The van der Waals surface area contributed by atoms with Gasteiger partial charge in [-0.3, -0.25) is 9.40 Å². The van der Waals surface area contributed by atoms with Crippen molar-refractivity contribution in [2.45, 2.75) is 11.9 Å². The first-order valence-corrected chi connectivity index (χ1v) is 7.25. The molecule has 7 nitrogen and oxygen atoms in total. The third-order valence-electron chi connectivity index (χ3n) is 2.77. The molecule has 0 unspecified atom stereocenters. The van der Waals surface area contributed by atoms with Crippen LogP contribution in [-0.4, -0.2) is 29.3 Å². The molecule has 0 radical (unpaired) electrons. The highest BCUT2D eigenvalue weighted by atomic mass is 32.2. The van der Waals surface area contributed by atoms with Crippen LogP contribution in [0, 0.1) is 12.7 Å². The summed E-state index contributed by atoms with van der Waals surface area (Å²) in [5, 5.41) is 12.5. The maximum Gasteiger partial charge on any atom is 0.335 e. The summed E-state index contributed by atoms with van der Waals surface area (Å²) in [6.07, 6.45) is 1.36. The predicted molar refractivity (Wildman–Crippen MR) is 72.1 cm³/mol. The van der Waals surface area contributed by atoms with Gasteiger partial charge in [0.15, 0.2) is 5.03 Å². The molecule has 0 fully saturated rings. The highest BCUT2D eigenvalue weighted by Crippen LogP contribution is 2.22. The average molecular weight is 313 g/mol. The Balaban J connectivity index is 2.46. The molecule has 1 aromatic heterocycles. The summed E-state index contributed by atoms with van der Waals surface area (Å²) in [5.41, 5.74) is -0.272. The molecule has 0 amide bonds. The highest BCUT2D eigenvalue weighted by Gasteiger charge is 2.23. The van der Waals surface area contributed by atoms with Crippen LogP contribution < -0.4 is 4.72 Å². The Hall–Kier alpha value is -2.42. The Bertz CT molecular complexity index is 794. The normalized spacial score (nSPS) is 11.4. The number of anilines is 1. The van der Waals surface area contributed by atoms with Crippen molar-refractivity contribution >= 4 is 21.7 Å². The zero-order valence-electron chi connectivity index (χ0n) is 11.2. The molecule has 0 spiro atoms. The summed E-state index contributed by atoms with van der Waals surface area (Å²) in [7, 11) is -2.64. The fraction of sp³-hybridized carbons (Fsp3) is 0.167. The van der Waals surface area contributed by atoms with Gasteiger partial charge in [-0.2, -0.15) is 13.5 Å². The van der Waals surface area contributed by atoms with Crippen molar-refractivity contribution in [1.82, 2.24) is 9.78 Å². The number of aromatic nitrogens is 2. The van der Waals surface area contributed by atoms with Crippen molar-refractivity contribution in [3.63, 3.8) is 0 Å². The second-order valence-corrected chi connectivity index (χ2v) is 5.96. The molecule has 0 saturated heterocycles. The highest BCUT2D eigenvalue weighted by molar-refractivity contribution is 7.92. The SMILES string of the molecule is Cc1cnn(C)c1S(=O)(=O)Nc1cc(C(=O)O)ccc1F. The number of halogens is 1. The number of carbonyl (C=O) groups is 1. The Morgan fingerprint density at radius 2 is 2.10 bits per heavy atom. The third-order valence-corrected chi connectivity index (χ3v) is 4.35. The number of carboxylic acids is 1. The van der Waals surface area contributed by atoms with Gasteiger partial charge in [0.25, 0.3) is 10.0 Å². The van der Waals surface area contributed by atoms with E-state index in [1.807, 2.05) is 4.72 Å². The van der Waals surface area contributed by atoms with E-state index in [-0.39, 0.29) is 10.6 Å². The molecule has 0 aliphatic carbocycles. The number of aryl methyl sites for hydroxylation is 2. The molecular weight excluding hydrogens is 301 g/mol. The van der Waals surface area contributed by atoms with Crippen LogP contribution in [0.15, 0.2) is 29.4 Å². The number of hydrogen-bond donors (Lipinski definition) is 2. The van der Waals surface area contributed by atoms with Crippen LogP contribution in [0.3, 0.4) is 0 Å². The van der Waals surface area contributed by atoms with Crippen molar-refractivity contribution in [2.24, 2.45) is 7.05 Å². The first kappa shape index (κ1) is 15.0. The first-order chi connectivity index (χ1) is 9.72. The number of benzene rings is 1. The third kappa shape index (κ3) is 2.87. The van der Waals surface area contributed by atoms with Crippen LogP contribution in [-0.2, 0) is 17.1 Å². The number of carboxylic acid groups (broad SMARTS) is 1. The molecule has 21 heavy (non-hydrogen) atoms. The second-order valence-electron chi connectivity index (χ2n) is 4.36. The quantitative estimate of drug-likeness (QED) is 0.887. The number of rotatable bonds is 4. The van der Waals surface area contributed by atoms with E-state index in [0.717, 1.165) is 22.9 Å². The van der Waals surface area contributed by atoms with Crippen LogP contribution in [0.1, 0.15) is 15.9 Å². The van der Waals surface area contributed by atoms with E-state index in [4.69, 9.17) is 5.11 Å². The molecule has 0 bridgehead atoms. The van der Waals surface area contributed by atoms with Crippen LogP contribution >= 0.6 is 0 Å². The van der Waals surface area contributed by atoms with Gasteiger partial charge in [0, 0.05) is 12.6 Å². The maximum atomic E-state index is 13.7. The fourth-order valence-corrected chi connectivity index (χ4v) is 3.27. The fourth-order valence-electron chi connectivity index (χ4n) is 1.85. The standard InChI is InChI=1S/C12H12FN3O4S/c1-7-6-14-16(2)11(7)21(19,20)15-10-5-8(12(17)18)3-4-9(10)13/h3-6,15H,1-2H3,(H,17,18). The lowest BCUT2D eigenvalue weighted by atomic mass is 10.2. The minimum atomic E-state index is -4.08. The van der Waals surface area contributed by atoms with Gasteiger partial charge in [-0.15, -0.1) is 0 Å². The Morgan fingerprint density at radius 1 is 1.43 bits per heavy atom. The van der Waals surface area contributed by atoms with Gasteiger partial charge in [-0.05, 0) is 25.1 Å². The molecule has 9 heteroatoms. The lowest BCUT2D eigenvalue weighted by Gasteiger charge is -2.10. The number of nitrogens with one attached hydrogen (secondary N) is 1. The zero-order valence-corrected chi connectivity index (χ0v) is 12.0. The van der Waals surface area contributed by atoms with E-state index in [2.05, 4.69) is 5.10 Å². The molecule has 112 valence electrons. The van der Waals surface area contributed by atoms with Crippen LogP contribution in [0.25, 0.3) is 0 Å². The van der Waals surface area contributed by atoms with E-state index < -0.39 is 27.5 Å². The molecule has 1 aromatic carbocycles. The Labute approximate surface area is 120 Å². The van der Waals surface area contributed by atoms with Gasteiger partial charge in [-0.25, -0.2) is 9.18 Å². The van der Waals surface area contributed by atoms with E-state index in [0.29, 0.717) is 5.56 Å². The Kier molecular flexibility index (Phi) is 3.69. The number of sulfonamides is 1. The monoisotopic (exact) mass is 313 g/mol. The van der Waals surface area contributed by atoms with Gasteiger partial charge < -0.3 is 5.11 Å². The van der Waals surface area contributed by atoms with Crippen molar-refractivity contribution in [3.8, 4) is 0 Å². The predicted octanol–water partition coefficient (Wildman–Crippen LogP) is 1.37.